The third-order valence-electron chi connectivity index (χ3n) is 9.12. The Hall–Kier alpha value is -4.60. The number of nitrogens with zero attached hydrogens (tertiary/aromatic N) is 2. The van der Waals surface area contributed by atoms with Crippen LogP contribution in [0.4, 0.5) is 32.0 Å². The molecule has 0 unspecified atom stereocenters. The molecule has 2 fully saturated rings. The highest BCUT2D eigenvalue weighted by Crippen LogP contribution is 2.46. The van der Waals surface area contributed by atoms with Gasteiger partial charge in [0, 0.05) is 11.6 Å². The van der Waals surface area contributed by atoms with Crippen molar-refractivity contribution >= 4 is 39.2 Å². The van der Waals surface area contributed by atoms with Crippen molar-refractivity contribution in [3.8, 4) is 5.75 Å². The summed E-state index contributed by atoms with van der Waals surface area (Å²) >= 11 is 6.15. The number of rotatable bonds is 12. The molecule has 4 aromatic carbocycles. The average molecular weight is 809 g/mol. The second kappa shape index (κ2) is 15.1. The summed E-state index contributed by atoms with van der Waals surface area (Å²) in [6.07, 6.45) is 3.83. The minimum Gasteiger partial charge on any atom is -0.506 e. The number of hydrogen-bond donors (Lipinski definition) is 1. The summed E-state index contributed by atoms with van der Waals surface area (Å²) in [5.41, 5.74) is 1.26. The summed E-state index contributed by atoms with van der Waals surface area (Å²) in [7, 11) is -5.78. The monoisotopic (exact) mass is 808 g/mol. The van der Waals surface area contributed by atoms with Gasteiger partial charge in [0.05, 0.1) is 24.3 Å². The standard InChI is InChI=1S/C39H35ClF6N2O6S/c1-39(2,3)54-38(51)23-9-11-29(30(49)15-23)48(17-20-12-25(21-4-5-21)14-26(13-20)22-6-7-22)31(50)19-47(18-24-8-10-27(41)16-28(24)40)55(52,53)37-35(45)33(43)32(42)34(44)36(37)46/h8-16,21-22,49H,4-7,17-19H2,1-3H3. The van der Waals surface area contributed by atoms with Crippen molar-refractivity contribution in [3.05, 3.63) is 122 Å². The maximum atomic E-state index is 15.1. The van der Waals surface area contributed by atoms with Gasteiger partial charge in [-0.05, 0) is 111 Å². The SMILES string of the molecule is CC(C)(C)OC(=O)c1ccc(N(Cc2cc(C3CC3)cc(C3CC3)c2)C(=O)CN(Cc2ccc(F)cc2Cl)S(=O)(=O)c2c(F)c(F)c(F)c(F)c2F)c(O)c1. The van der Waals surface area contributed by atoms with Gasteiger partial charge in [-0.25, -0.2) is 39.6 Å². The van der Waals surface area contributed by atoms with Crippen molar-refractivity contribution in [2.45, 2.75) is 81.9 Å². The third kappa shape index (κ3) is 8.79. The van der Waals surface area contributed by atoms with Crippen LogP contribution in [0.3, 0.4) is 0 Å². The molecule has 0 aliphatic heterocycles. The van der Waals surface area contributed by atoms with E-state index in [4.69, 9.17) is 16.3 Å². The van der Waals surface area contributed by atoms with E-state index in [0.717, 1.165) is 66.0 Å². The van der Waals surface area contributed by atoms with Crippen molar-refractivity contribution in [1.82, 2.24) is 4.31 Å². The van der Waals surface area contributed by atoms with Crippen LogP contribution < -0.4 is 4.90 Å². The summed E-state index contributed by atoms with van der Waals surface area (Å²) in [4.78, 5) is 26.0. The first-order valence-electron chi connectivity index (χ1n) is 17.2. The zero-order chi connectivity index (χ0) is 40.1. The number of phenolic OH excluding ortho intramolecular Hbond substituents is 1. The van der Waals surface area contributed by atoms with Gasteiger partial charge in [-0.1, -0.05) is 35.9 Å². The van der Waals surface area contributed by atoms with E-state index in [1.807, 2.05) is 12.1 Å². The molecule has 0 atom stereocenters. The summed E-state index contributed by atoms with van der Waals surface area (Å²) in [5, 5.41) is 10.9. The topological polar surface area (TPSA) is 104 Å². The van der Waals surface area contributed by atoms with Gasteiger partial charge in [-0.3, -0.25) is 4.79 Å². The van der Waals surface area contributed by atoms with Gasteiger partial charge in [0.2, 0.25) is 21.7 Å². The molecule has 0 saturated heterocycles. The fourth-order valence-corrected chi connectivity index (χ4v) is 7.80. The number of phenols is 1. The Bertz CT molecular complexity index is 2250. The predicted molar refractivity (Wildman–Crippen MR) is 190 cm³/mol. The van der Waals surface area contributed by atoms with Gasteiger partial charge >= 0.3 is 5.97 Å². The molecule has 0 heterocycles. The molecule has 1 N–H and O–H groups in total. The van der Waals surface area contributed by atoms with Crippen molar-refractivity contribution < 1.29 is 54.2 Å². The minimum absolute atomic E-state index is 0.0863. The van der Waals surface area contributed by atoms with E-state index in [-0.39, 0.29) is 32.7 Å². The van der Waals surface area contributed by atoms with Crippen LogP contribution >= 0.6 is 11.6 Å². The number of carbonyl (C=O) groups is 2. The fourth-order valence-electron chi connectivity index (χ4n) is 6.09. The van der Waals surface area contributed by atoms with Crippen molar-refractivity contribution in [3.63, 3.8) is 0 Å². The number of carbonyl (C=O) groups excluding carboxylic acids is 2. The van der Waals surface area contributed by atoms with Crippen LogP contribution in [0.5, 0.6) is 5.75 Å². The van der Waals surface area contributed by atoms with Crippen LogP contribution in [0.2, 0.25) is 5.02 Å². The van der Waals surface area contributed by atoms with Crippen LogP contribution in [0.25, 0.3) is 0 Å². The molecular weight excluding hydrogens is 774 g/mol. The molecule has 55 heavy (non-hydrogen) atoms. The average Bonchev–Trinajstić information content (AvgIpc) is 4.03. The number of benzene rings is 4. The van der Waals surface area contributed by atoms with Crippen LogP contribution in [-0.2, 0) is 32.6 Å². The molecule has 2 aliphatic carbocycles. The summed E-state index contributed by atoms with van der Waals surface area (Å²) in [6.45, 7) is 2.32. The Morgan fingerprint density at radius 3 is 1.87 bits per heavy atom. The number of aromatic hydroxyl groups is 1. The van der Waals surface area contributed by atoms with E-state index in [9.17, 15) is 40.7 Å². The van der Waals surface area contributed by atoms with Gasteiger partial charge < -0.3 is 14.7 Å². The lowest BCUT2D eigenvalue weighted by Gasteiger charge is -2.29. The highest BCUT2D eigenvalue weighted by atomic mass is 35.5. The number of halogens is 7. The van der Waals surface area contributed by atoms with Crippen LogP contribution in [0.15, 0.2) is 59.5 Å². The minimum atomic E-state index is -5.78. The van der Waals surface area contributed by atoms with Gasteiger partial charge in [-0.2, -0.15) is 4.31 Å². The predicted octanol–water partition coefficient (Wildman–Crippen LogP) is 9.01. The van der Waals surface area contributed by atoms with Crippen molar-refractivity contribution in [1.29, 1.82) is 0 Å². The molecule has 0 aromatic heterocycles. The van der Waals surface area contributed by atoms with E-state index in [1.165, 1.54) is 12.1 Å². The molecule has 4 aromatic rings. The van der Waals surface area contributed by atoms with Crippen molar-refractivity contribution in [2.75, 3.05) is 11.4 Å². The molecule has 0 radical (unpaired) electrons. The highest BCUT2D eigenvalue weighted by Gasteiger charge is 2.39. The zero-order valence-corrected chi connectivity index (χ0v) is 31.3. The summed E-state index contributed by atoms with van der Waals surface area (Å²) < 4.78 is 120. The van der Waals surface area contributed by atoms with E-state index >= 15 is 8.78 Å². The molecule has 1 amide bonds. The number of ether oxygens (including phenoxy) is 1. The normalized spacial score (nSPS) is 14.7. The Kier molecular flexibility index (Phi) is 11.0. The lowest BCUT2D eigenvalue weighted by molar-refractivity contribution is -0.119. The van der Waals surface area contributed by atoms with E-state index in [0.29, 0.717) is 17.4 Å². The Morgan fingerprint density at radius 1 is 0.800 bits per heavy atom. The maximum Gasteiger partial charge on any atom is 0.338 e. The molecule has 2 saturated carbocycles. The van der Waals surface area contributed by atoms with E-state index < -0.39 is 86.1 Å². The Morgan fingerprint density at radius 2 is 1.36 bits per heavy atom. The number of amides is 1. The molecule has 292 valence electrons. The fraction of sp³-hybridized carbons (Fsp3) is 0.333. The first-order chi connectivity index (χ1) is 25.7. The van der Waals surface area contributed by atoms with Gasteiger partial charge in [0.15, 0.2) is 28.2 Å². The molecular formula is C39H35ClF6N2O6S. The largest absolute Gasteiger partial charge is 0.506 e. The molecule has 6 rings (SSSR count). The van der Waals surface area contributed by atoms with Gasteiger partial charge in [0.1, 0.15) is 17.2 Å². The first kappa shape index (κ1) is 40.1. The number of anilines is 1. The lowest BCUT2D eigenvalue weighted by Crippen LogP contribution is -2.43. The quantitative estimate of drug-likeness (QED) is 0.0664. The Balaban J connectivity index is 1.45. The number of hydrogen-bond acceptors (Lipinski definition) is 6. The number of esters is 1. The summed E-state index contributed by atoms with van der Waals surface area (Å²) in [6, 6.07) is 12.1. The third-order valence-corrected chi connectivity index (χ3v) is 11.3. The molecule has 16 heteroatoms. The second-order valence-electron chi connectivity index (χ2n) is 14.6. The molecule has 0 bridgehead atoms. The molecule has 8 nitrogen and oxygen atoms in total. The number of sulfonamides is 1. The first-order valence-corrected chi connectivity index (χ1v) is 19.0. The van der Waals surface area contributed by atoms with Crippen LogP contribution in [-0.4, -0.2) is 41.9 Å². The Labute approximate surface area is 318 Å². The van der Waals surface area contributed by atoms with Crippen molar-refractivity contribution in [2.24, 2.45) is 0 Å². The summed E-state index contributed by atoms with van der Waals surface area (Å²) in [5.74, 6) is -15.8. The zero-order valence-electron chi connectivity index (χ0n) is 29.7. The van der Waals surface area contributed by atoms with E-state index in [2.05, 4.69) is 6.07 Å². The maximum absolute atomic E-state index is 15.1. The molecule has 0 spiro atoms. The van der Waals surface area contributed by atoms with Crippen LogP contribution in [0, 0.1) is 34.9 Å². The highest BCUT2D eigenvalue weighted by molar-refractivity contribution is 7.89. The smallest absolute Gasteiger partial charge is 0.338 e. The van der Waals surface area contributed by atoms with Crippen LogP contribution in [0.1, 0.15) is 90.9 Å². The van der Waals surface area contributed by atoms with Gasteiger partial charge in [0.25, 0.3) is 0 Å². The lowest BCUT2D eigenvalue weighted by atomic mass is 9.99. The molecule has 2 aliphatic rings. The second-order valence-corrected chi connectivity index (χ2v) is 16.9. The van der Waals surface area contributed by atoms with Gasteiger partial charge in [-0.15, -0.1) is 0 Å². The van der Waals surface area contributed by atoms with E-state index in [1.54, 1.807) is 20.8 Å².